The maximum absolute atomic E-state index is 8.60. The number of hydrogen-bond donors (Lipinski definition) is 1. The minimum Gasteiger partial charge on any atom is -0.394 e. The SMILES string of the molecule is CCCCCC(CC)(CC)OCCOCCO. The van der Waals surface area contributed by atoms with Gasteiger partial charge in [0.15, 0.2) is 0 Å². The quantitative estimate of drug-likeness (QED) is 0.538. The Morgan fingerprint density at radius 2 is 1.65 bits per heavy atom. The lowest BCUT2D eigenvalue weighted by Crippen LogP contribution is -2.32. The van der Waals surface area contributed by atoms with E-state index in [9.17, 15) is 0 Å². The third-order valence-corrected chi connectivity index (χ3v) is 3.40. The summed E-state index contributed by atoms with van der Waals surface area (Å²) in [6, 6.07) is 0. The van der Waals surface area contributed by atoms with E-state index < -0.39 is 0 Å². The molecular formula is C14H30O3. The van der Waals surface area contributed by atoms with Crippen molar-refractivity contribution in [3.63, 3.8) is 0 Å². The van der Waals surface area contributed by atoms with E-state index >= 15 is 0 Å². The first-order valence-electron chi connectivity index (χ1n) is 7.07. The molecule has 0 unspecified atom stereocenters. The predicted molar refractivity (Wildman–Crippen MR) is 71.3 cm³/mol. The Labute approximate surface area is 107 Å². The zero-order valence-electron chi connectivity index (χ0n) is 11.8. The zero-order valence-corrected chi connectivity index (χ0v) is 11.8. The summed E-state index contributed by atoms with van der Waals surface area (Å²) in [4.78, 5) is 0. The lowest BCUT2D eigenvalue weighted by atomic mass is 9.90. The minimum atomic E-state index is 0.0394. The summed E-state index contributed by atoms with van der Waals surface area (Å²) in [7, 11) is 0. The average Bonchev–Trinajstić information content (AvgIpc) is 2.37. The van der Waals surface area contributed by atoms with E-state index in [1.807, 2.05) is 0 Å². The van der Waals surface area contributed by atoms with Crippen molar-refractivity contribution < 1.29 is 14.6 Å². The van der Waals surface area contributed by atoms with Gasteiger partial charge in [-0.2, -0.15) is 0 Å². The van der Waals surface area contributed by atoms with Gasteiger partial charge in [0.1, 0.15) is 0 Å². The molecule has 0 aromatic rings. The van der Waals surface area contributed by atoms with Crippen LogP contribution in [0.5, 0.6) is 0 Å². The molecule has 0 fully saturated rings. The molecule has 0 rings (SSSR count). The second-order valence-corrected chi connectivity index (χ2v) is 4.53. The fourth-order valence-corrected chi connectivity index (χ4v) is 2.06. The third kappa shape index (κ3) is 7.74. The predicted octanol–water partition coefficient (Wildman–Crippen LogP) is 3.15. The summed E-state index contributed by atoms with van der Waals surface area (Å²) < 4.78 is 11.2. The van der Waals surface area contributed by atoms with Crippen molar-refractivity contribution in [1.82, 2.24) is 0 Å². The van der Waals surface area contributed by atoms with Crippen LogP contribution in [0.25, 0.3) is 0 Å². The van der Waals surface area contributed by atoms with E-state index in [2.05, 4.69) is 20.8 Å². The van der Waals surface area contributed by atoms with Crippen LogP contribution in [0.15, 0.2) is 0 Å². The molecule has 3 nitrogen and oxygen atoms in total. The highest BCUT2D eigenvalue weighted by Gasteiger charge is 2.25. The second-order valence-electron chi connectivity index (χ2n) is 4.53. The van der Waals surface area contributed by atoms with Gasteiger partial charge in [-0.3, -0.25) is 0 Å². The first kappa shape index (κ1) is 16.9. The van der Waals surface area contributed by atoms with E-state index in [4.69, 9.17) is 14.6 Å². The first-order chi connectivity index (χ1) is 8.24. The minimum absolute atomic E-state index is 0.0394. The normalized spacial score (nSPS) is 12.0. The van der Waals surface area contributed by atoms with Crippen LogP contribution in [0.1, 0.15) is 59.3 Å². The second kappa shape index (κ2) is 11.0. The molecule has 0 aromatic carbocycles. The highest BCUT2D eigenvalue weighted by molar-refractivity contribution is 4.77. The molecule has 0 saturated heterocycles. The van der Waals surface area contributed by atoms with Crippen LogP contribution < -0.4 is 0 Å². The topological polar surface area (TPSA) is 38.7 Å². The smallest absolute Gasteiger partial charge is 0.0708 e. The van der Waals surface area contributed by atoms with Gasteiger partial charge in [-0.25, -0.2) is 0 Å². The Morgan fingerprint density at radius 1 is 0.941 bits per heavy atom. The van der Waals surface area contributed by atoms with Gasteiger partial charge in [-0.05, 0) is 19.3 Å². The van der Waals surface area contributed by atoms with Crippen molar-refractivity contribution in [1.29, 1.82) is 0 Å². The van der Waals surface area contributed by atoms with Gasteiger partial charge in [-0.15, -0.1) is 0 Å². The summed E-state index contributed by atoms with van der Waals surface area (Å²) in [5.41, 5.74) is 0.0394. The van der Waals surface area contributed by atoms with E-state index in [1.54, 1.807) is 0 Å². The number of rotatable bonds is 12. The van der Waals surface area contributed by atoms with Gasteiger partial charge < -0.3 is 14.6 Å². The largest absolute Gasteiger partial charge is 0.394 e. The van der Waals surface area contributed by atoms with Crippen LogP contribution in [0.4, 0.5) is 0 Å². The van der Waals surface area contributed by atoms with Crippen LogP contribution in [0, 0.1) is 0 Å². The van der Waals surface area contributed by atoms with Crippen molar-refractivity contribution in [3.05, 3.63) is 0 Å². The standard InChI is InChI=1S/C14H30O3/c1-4-7-8-9-14(5-2,6-3)17-13-12-16-11-10-15/h15H,4-13H2,1-3H3. The third-order valence-electron chi connectivity index (χ3n) is 3.40. The molecule has 0 aromatic heterocycles. The number of ether oxygens (including phenoxy) is 2. The number of aliphatic hydroxyl groups excluding tert-OH is 1. The molecular weight excluding hydrogens is 216 g/mol. The van der Waals surface area contributed by atoms with Gasteiger partial charge in [0.25, 0.3) is 0 Å². The van der Waals surface area contributed by atoms with Gasteiger partial charge >= 0.3 is 0 Å². The number of aliphatic hydroxyl groups is 1. The van der Waals surface area contributed by atoms with Gasteiger partial charge in [0.05, 0.1) is 32.0 Å². The van der Waals surface area contributed by atoms with Crippen molar-refractivity contribution in [2.75, 3.05) is 26.4 Å². The first-order valence-corrected chi connectivity index (χ1v) is 7.07. The van der Waals surface area contributed by atoms with Crippen LogP contribution in [0.2, 0.25) is 0 Å². The molecule has 0 bridgehead atoms. The summed E-state index contributed by atoms with van der Waals surface area (Å²) in [5, 5.41) is 8.60. The molecule has 0 atom stereocenters. The Balaban J connectivity index is 3.85. The van der Waals surface area contributed by atoms with Crippen LogP contribution in [-0.2, 0) is 9.47 Å². The maximum atomic E-state index is 8.60. The average molecular weight is 246 g/mol. The summed E-state index contributed by atoms with van der Waals surface area (Å²) in [5.74, 6) is 0. The summed E-state index contributed by atoms with van der Waals surface area (Å²) in [6.07, 6.45) is 7.05. The number of hydrogen-bond acceptors (Lipinski definition) is 3. The van der Waals surface area contributed by atoms with E-state index in [1.165, 1.54) is 19.3 Å². The molecule has 17 heavy (non-hydrogen) atoms. The summed E-state index contributed by atoms with van der Waals surface area (Å²) >= 11 is 0. The highest BCUT2D eigenvalue weighted by Crippen LogP contribution is 2.27. The van der Waals surface area contributed by atoms with Crippen LogP contribution >= 0.6 is 0 Å². The monoisotopic (exact) mass is 246 g/mol. The Bertz CT molecular complexity index is 156. The van der Waals surface area contributed by atoms with Crippen LogP contribution in [0.3, 0.4) is 0 Å². The fraction of sp³-hybridized carbons (Fsp3) is 1.00. The van der Waals surface area contributed by atoms with Crippen molar-refractivity contribution in [3.8, 4) is 0 Å². The molecule has 0 aliphatic heterocycles. The molecule has 0 heterocycles. The molecule has 0 saturated carbocycles. The zero-order chi connectivity index (χ0) is 13.0. The fourth-order valence-electron chi connectivity index (χ4n) is 2.06. The Kier molecular flexibility index (Phi) is 10.9. The lowest BCUT2D eigenvalue weighted by Gasteiger charge is -2.32. The molecule has 3 heteroatoms. The van der Waals surface area contributed by atoms with Gasteiger partial charge in [0.2, 0.25) is 0 Å². The maximum Gasteiger partial charge on any atom is 0.0708 e. The molecule has 0 aliphatic carbocycles. The van der Waals surface area contributed by atoms with E-state index in [0.717, 1.165) is 19.3 Å². The van der Waals surface area contributed by atoms with Gasteiger partial charge in [-0.1, -0.05) is 40.0 Å². The molecule has 104 valence electrons. The highest BCUT2D eigenvalue weighted by atomic mass is 16.5. The molecule has 0 spiro atoms. The van der Waals surface area contributed by atoms with Crippen molar-refractivity contribution in [2.24, 2.45) is 0 Å². The van der Waals surface area contributed by atoms with E-state index in [-0.39, 0.29) is 12.2 Å². The molecule has 0 aliphatic rings. The van der Waals surface area contributed by atoms with Crippen molar-refractivity contribution >= 4 is 0 Å². The molecule has 1 N–H and O–H groups in total. The molecule has 0 amide bonds. The van der Waals surface area contributed by atoms with E-state index in [0.29, 0.717) is 19.8 Å². The van der Waals surface area contributed by atoms with Crippen LogP contribution in [-0.4, -0.2) is 37.1 Å². The Morgan fingerprint density at radius 3 is 2.18 bits per heavy atom. The summed E-state index contributed by atoms with van der Waals surface area (Å²) in [6.45, 7) is 8.33. The van der Waals surface area contributed by atoms with Crippen molar-refractivity contribution in [2.45, 2.75) is 64.9 Å². The Hall–Kier alpha value is -0.120. The number of unbranched alkanes of at least 4 members (excludes halogenated alkanes) is 2. The lowest BCUT2D eigenvalue weighted by molar-refractivity contribution is -0.0802. The van der Waals surface area contributed by atoms with Gasteiger partial charge in [0, 0.05) is 0 Å². The molecule has 0 radical (unpaired) electrons.